The van der Waals surface area contributed by atoms with Crippen molar-refractivity contribution in [1.82, 2.24) is 4.72 Å². The third-order valence-electron chi connectivity index (χ3n) is 4.34. The van der Waals surface area contributed by atoms with Gasteiger partial charge in [0, 0.05) is 12.1 Å². The molecule has 1 aromatic rings. The third kappa shape index (κ3) is 4.62. The Morgan fingerprint density at radius 2 is 1.79 bits per heavy atom. The highest BCUT2D eigenvalue weighted by Crippen LogP contribution is 2.31. The highest BCUT2D eigenvalue weighted by atomic mass is 32.2. The molecule has 6 nitrogen and oxygen atoms in total. The van der Waals surface area contributed by atoms with E-state index in [0.717, 1.165) is 25.7 Å². The number of ether oxygens (including phenoxy) is 2. The van der Waals surface area contributed by atoms with Gasteiger partial charge in [0.25, 0.3) is 0 Å². The van der Waals surface area contributed by atoms with E-state index in [1.165, 1.54) is 6.07 Å². The van der Waals surface area contributed by atoms with Crippen LogP contribution in [0.15, 0.2) is 23.1 Å². The summed E-state index contributed by atoms with van der Waals surface area (Å²) in [6, 6.07) is 4.62. The molecule has 1 aromatic carbocycles. The summed E-state index contributed by atoms with van der Waals surface area (Å²) in [7, 11) is -3.62. The molecule has 0 aromatic heterocycles. The van der Waals surface area contributed by atoms with E-state index in [-0.39, 0.29) is 16.9 Å². The van der Waals surface area contributed by atoms with Gasteiger partial charge in [-0.2, -0.15) is 0 Å². The maximum Gasteiger partial charge on any atom is 0.240 e. The first-order valence-electron chi connectivity index (χ1n) is 8.63. The summed E-state index contributed by atoms with van der Waals surface area (Å²) < 4.78 is 39.3. The zero-order valence-corrected chi connectivity index (χ0v) is 15.3. The minimum Gasteiger partial charge on any atom is -0.490 e. The summed E-state index contributed by atoms with van der Waals surface area (Å²) in [5, 5.41) is 0. The van der Waals surface area contributed by atoms with Crippen LogP contribution in [0.2, 0.25) is 0 Å². The first-order valence-corrected chi connectivity index (χ1v) is 10.1. The topological polar surface area (TPSA) is 90.7 Å². The molecule has 2 atom stereocenters. The summed E-state index contributed by atoms with van der Waals surface area (Å²) in [6.07, 6.45) is 3.93. The van der Waals surface area contributed by atoms with Gasteiger partial charge in [0.05, 0.1) is 18.1 Å². The molecule has 2 unspecified atom stereocenters. The van der Waals surface area contributed by atoms with Crippen molar-refractivity contribution in [1.29, 1.82) is 0 Å². The second-order valence-corrected chi connectivity index (χ2v) is 7.70. The van der Waals surface area contributed by atoms with Gasteiger partial charge in [-0.3, -0.25) is 0 Å². The SMILES string of the molecule is CCOc1ccc(S(=O)(=O)NC2CCCCC2CN)cc1OCC. The van der Waals surface area contributed by atoms with Gasteiger partial charge >= 0.3 is 0 Å². The lowest BCUT2D eigenvalue weighted by Gasteiger charge is -2.31. The molecule has 1 aliphatic rings. The molecule has 1 saturated carbocycles. The van der Waals surface area contributed by atoms with Gasteiger partial charge in [0.2, 0.25) is 10.0 Å². The lowest BCUT2D eigenvalue weighted by molar-refractivity contribution is 0.286. The molecular formula is C17H28N2O4S. The van der Waals surface area contributed by atoms with E-state index < -0.39 is 10.0 Å². The second kappa shape index (κ2) is 8.69. The maximum atomic E-state index is 12.7. The highest BCUT2D eigenvalue weighted by molar-refractivity contribution is 7.89. The molecule has 7 heteroatoms. The van der Waals surface area contributed by atoms with Crippen LogP contribution in [0, 0.1) is 5.92 Å². The van der Waals surface area contributed by atoms with Gasteiger partial charge in [-0.1, -0.05) is 12.8 Å². The molecule has 1 fully saturated rings. The zero-order valence-electron chi connectivity index (χ0n) is 14.5. The van der Waals surface area contributed by atoms with E-state index in [2.05, 4.69) is 4.72 Å². The quantitative estimate of drug-likeness (QED) is 0.746. The van der Waals surface area contributed by atoms with Crippen LogP contribution in [0.1, 0.15) is 39.5 Å². The predicted molar refractivity (Wildman–Crippen MR) is 93.9 cm³/mol. The monoisotopic (exact) mass is 356 g/mol. The van der Waals surface area contributed by atoms with Crippen LogP contribution >= 0.6 is 0 Å². The summed E-state index contributed by atoms with van der Waals surface area (Å²) >= 11 is 0. The smallest absolute Gasteiger partial charge is 0.240 e. The van der Waals surface area contributed by atoms with Gasteiger partial charge in [-0.05, 0) is 51.3 Å². The fourth-order valence-corrected chi connectivity index (χ4v) is 4.47. The number of sulfonamides is 1. The van der Waals surface area contributed by atoms with E-state index >= 15 is 0 Å². The van der Waals surface area contributed by atoms with Gasteiger partial charge in [0.1, 0.15) is 0 Å². The standard InChI is InChI=1S/C17H28N2O4S/c1-3-22-16-10-9-14(11-17(16)23-4-2)24(20,21)19-15-8-6-5-7-13(15)12-18/h9-11,13,15,19H,3-8,12,18H2,1-2H3. The van der Waals surface area contributed by atoms with Crippen molar-refractivity contribution in [2.24, 2.45) is 11.7 Å². The molecule has 3 N–H and O–H groups in total. The fraction of sp³-hybridized carbons (Fsp3) is 0.647. The Hall–Kier alpha value is -1.31. The van der Waals surface area contributed by atoms with Crippen LogP contribution in [-0.4, -0.2) is 34.2 Å². The Morgan fingerprint density at radius 1 is 1.12 bits per heavy atom. The normalized spacial score (nSPS) is 21.5. The summed E-state index contributed by atoms with van der Waals surface area (Å²) in [5.74, 6) is 1.19. The molecule has 0 spiro atoms. The number of nitrogens with one attached hydrogen (secondary N) is 1. The van der Waals surface area contributed by atoms with Crippen molar-refractivity contribution in [2.75, 3.05) is 19.8 Å². The molecule has 0 amide bonds. The van der Waals surface area contributed by atoms with E-state index in [0.29, 0.717) is 31.3 Å². The largest absolute Gasteiger partial charge is 0.490 e. The van der Waals surface area contributed by atoms with Crippen LogP contribution in [0.5, 0.6) is 11.5 Å². The average molecular weight is 356 g/mol. The Bertz CT molecular complexity index is 633. The number of nitrogens with two attached hydrogens (primary N) is 1. The van der Waals surface area contributed by atoms with E-state index in [1.54, 1.807) is 12.1 Å². The number of hydrogen-bond donors (Lipinski definition) is 2. The van der Waals surface area contributed by atoms with E-state index in [4.69, 9.17) is 15.2 Å². The van der Waals surface area contributed by atoms with Crippen LogP contribution in [-0.2, 0) is 10.0 Å². The van der Waals surface area contributed by atoms with Crippen LogP contribution in [0.3, 0.4) is 0 Å². The third-order valence-corrected chi connectivity index (χ3v) is 5.83. The molecule has 0 bridgehead atoms. The summed E-state index contributed by atoms with van der Waals surface area (Å²) in [4.78, 5) is 0.191. The summed E-state index contributed by atoms with van der Waals surface area (Å²) in [5.41, 5.74) is 5.80. The zero-order chi connectivity index (χ0) is 17.6. The highest BCUT2D eigenvalue weighted by Gasteiger charge is 2.29. The van der Waals surface area contributed by atoms with Gasteiger partial charge < -0.3 is 15.2 Å². The second-order valence-electron chi connectivity index (χ2n) is 5.98. The lowest BCUT2D eigenvalue weighted by atomic mass is 9.85. The van der Waals surface area contributed by atoms with E-state index in [9.17, 15) is 8.42 Å². The minimum atomic E-state index is -3.62. The van der Waals surface area contributed by atoms with Gasteiger partial charge in [-0.25, -0.2) is 13.1 Å². The maximum absolute atomic E-state index is 12.7. The molecule has 0 heterocycles. The molecular weight excluding hydrogens is 328 g/mol. The molecule has 0 aliphatic heterocycles. The van der Waals surface area contributed by atoms with Crippen LogP contribution in [0.4, 0.5) is 0 Å². The first kappa shape index (κ1) is 19.0. The molecule has 2 rings (SSSR count). The first-order chi connectivity index (χ1) is 11.5. The van der Waals surface area contributed by atoms with Gasteiger partial charge in [0.15, 0.2) is 11.5 Å². The Morgan fingerprint density at radius 3 is 2.46 bits per heavy atom. The average Bonchev–Trinajstić information content (AvgIpc) is 2.57. The van der Waals surface area contributed by atoms with Crippen LogP contribution in [0.25, 0.3) is 0 Å². The van der Waals surface area contributed by atoms with Crippen molar-refractivity contribution in [2.45, 2.75) is 50.5 Å². The van der Waals surface area contributed by atoms with Crippen molar-refractivity contribution >= 4 is 10.0 Å². The van der Waals surface area contributed by atoms with Crippen molar-refractivity contribution in [3.8, 4) is 11.5 Å². The minimum absolute atomic E-state index is 0.101. The Labute approximate surface area is 144 Å². The number of rotatable bonds is 8. The number of benzene rings is 1. The lowest BCUT2D eigenvalue weighted by Crippen LogP contribution is -2.44. The molecule has 0 saturated heterocycles. The van der Waals surface area contributed by atoms with Crippen LogP contribution < -0.4 is 19.9 Å². The summed E-state index contributed by atoms with van der Waals surface area (Å²) in [6.45, 7) is 5.15. The number of hydrogen-bond acceptors (Lipinski definition) is 5. The Kier molecular flexibility index (Phi) is 6.89. The Balaban J connectivity index is 2.23. The van der Waals surface area contributed by atoms with Crippen molar-refractivity contribution in [3.63, 3.8) is 0 Å². The molecule has 24 heavy (non-hydrogen) atoms. The van der Waals surface area contributed by atoms with E-state index in [1.807, 2.05) is 13.8 Å². The predicted octanol–water partition coefficient (Wildman–Crippen LogP) is 2.28. The fourth-order valence-electron chi connectivity index (χ4n) is 3.11. The van der Waals surface area contributed by atoms with Crippen molar-refractivity contribution < 1.29 is 17.9 Å². The molecule has 0 radical (unpaired) electrons. The van der Waals surface area contributed by atoms with Crippen molar-refractivity contribution in [3.05, 3.63) is 18.2 Å². The van der Waals surface area contributed by atoms with Gasteiger partial charge in [-0.15, -0.1) is 0 Å². The molecule has 1 aliphatic carbocycles. The molecule has 136 valence electrons.